The van der Waals surface area contributed by atoms with Crippen LogP contribution in [-0.4, -0.2) is 23.9 Å². The zero-order valence-electron chi connectivity index (χ0n) is 20.6. The van der Waals surface area contributed by atoms with Crippen LogP contribution in [0.1, 0.15) is 156 Å². The van der Waals surface area contributed by atoms with E-state index in [2.05, 4.69) is 25.7 Å². The molecule has 0 N–H and O–H groups in total. The lowest BCUT2D eigenvalue weighted by atomic mass is 10.1. The van der Waals surface area contributed by atoms with Crippen LogP contribution >= 0.6 is 0 Å². The fraction of sp³-hybridized carbons (Fsp3) is 0.963. The van der Waals surface area contributed by atoms with E-state index in [0.717, 1.165) is 32.4 Å². The molecule has 0 fully saturated rings. The molecule has 2 nitrogen and oxygen atoms in total. The average molecular weight is 410 g/mol. The van der Waals surface area contributed by atoms with Crippen molar-refractivity contribution in [1.29, 1.82) is 0 Å². The van der Waals surface area contributed by atoms with Crippen molar-refractivity contribution < 1.29 is 4.79 Å². The van der Waals surface area contributed by atoms with E-state index in [-0.39, 0.29) is 0 Å². The first-order chi connectivity index (χ1) is 14.3. The Kier molecular flexibility index (Phi) is 23.3. The molecule has 0 saturated heterocycles. The molecule has 2 heteroatoms. The Morgan fingerprint density at radius 1 is 0.448 bits per heavy atom. The van der Waals surface area contributed by atoms with Gasteiger partial charge >= 0.3 is 0 Å². The summed E-state index contributed by atoms with van der Waals surface area (Å²) in [5, 5.41) is 0. The summed E-state index contributed by atoms with van der Waals surface area (Å²) in [6, 6.07) is 0. The summed E-state index contributed by atoms with van der Waals surface area (Å²) in [6.45, 7) is 8.68. The molecule has 0 atom stereocenters. The average Bonchev–Trinajstić information content (AvgIpc) is 2.73. The van der Waals surface area contributed by atoms with Gasteiger partial charge < -0.3 is 4.90 Å². The molecule has 0 bridgehead atoms. The Balaban J connectivity index is 3.61. The maximum absolute atomic E-state index is 12.6. The Labute approximate surface area is 184 Å². The number of unbranched alkanes of at least 4 members (excludes halogenated alkanes) is 17. The first kappa shape index (κ1) is 28.5. The number of rotatable bonds is 23. The third-order valence-electron chi connectivity index (χ3n) is 6.12. The second-order valence-corrected chi connectivity index (χ2v) is 9.14. The minimum absolute atomic E-state index is 0.408. The Morgan fingerprint density at radius 3 is 1.24 bits per heavy atom. The Bertz CT molecular complexity index is 328. The summed E-state index contributed by atoms with van der Waals surface area (Å²) in [4.78, 5) is 14.7. The van der Waals surface area contributed by atoms with Crippen LogP contribution in [0.4, 0.5) is 0 Å². The lowest BCUT2D eigenvalue weighted by Gasteiger charge is -2.22. The van der Waals surface area contributed by atoms with Gasteiger partial charge in [0.15, 0.2) is 0 Å². The van der Waals surface area contributed by atoms with E-state index in [0.29, 0.717) is 5.91 Å². The zero-order chi connectivity index (χ0) is 21.4. The van der Waals surface area contributed by atoms with E-state index < -0.39 is 0 Å². The van der Waals surface area contributed by atoms with Gasteiger partial charge in [-0.15, -0.1) is 0 Å². The van der Waals surface area contributed by atoms with E-state index >= 15 is 0 Å². The molecule has 0 saturated carbocycles. The molecule has 0 radical (unpaired) electrons. The third kappa shape index (κ3) is 20.5. The maximum atomic E-state index is 12.6. The normalized spacial score (nSPS) is 11.1. The van der Waals surface area contributed by atoms with Gasteiger partial charge in [0.1, 0.15) is 0 Å². The molecular formula is C27H55NO. The van der Waals surface area contributed by atoms with Crippen LogP contribution in [0.3, 0.4) is 0 Å². The highest BCUT2D eigenvalue weighted by molar-refractivity contribution is 5.76. The molecule has 174 valence electrons. The van der Waals surface area contributed by atoms with Crippen LogP contribution in [0.25, 0.3) is 0 Å². The molecule has 0 spiro atoms. The summed E-state index contributed by atoms with van der Waals surface area (Å²) in [5.41, 5.74) is 0. The molecular weight excluding hydrogens is 354 g/mol. The van der Waals surface area contributed by atoms with Crippen LogP contribution in [0.15, 0.2) is 0 Å². The van der Waals surface area contributed by atoms with Crippen molar-refractivity contribution >= 4 is 5.91 Å². The predicted octanol–water partition coefficient (Wildman–Crippen LogP) is 9.07. The van der Waals surface area contributed by atoms with Gasteiger partial charge in [-0.05, 0) is 19.3 Å². The molecule has 29 heavy (non-hydrogen) atoms. The van der Waals surface area contributed by atoms with Crippen LogP contribution < -0.4 is 0 Å². The van der Waals surface area contributed by atoms with Crippen LogP contribution in [0, 0.1) is 0 Å². The predicted molar refractivity (Wildman–Crippen MR) is 131 cm³/mol. The Morgan fingerprint density at radius 2 is 0.828 bits per heavy atom. The first-order valence-corrected chi connectivity index (χ1v) is 13.5. The summed E-state index contributed by atoms with van der Waals surface area (Å²) in [5.74, 6) is 0.408. The van der Waals surface area contributed by atoms with Crippen LogP contribution in [0.5, 0.6) is 0 Å². The quantitative estimate of drug-likeness (QED) is 0.154. The molecule has 1 amide bonds. The minimum Gasteiger partial charge on any atom is -0.343 e. The number of hydrogen-bond acceptors (Lipinski definition) is 1. The highest BCUT2D eigenvalue weighted by Gasteiger charge is 2.11. The van der Waals surface area contributed by atoms with E-state index in [1.807, 2.05) is 0 Å². The van der Waals surface area contributed by atoms with Crippen molar-refractivity contribution in [2.24, 2.45) is 0 Å². The van der Waals surface area contributed by atoms with Crippen molar-refractivity contribution in [1.82, 2.24) is 4.90 Å². The van der Waals surface area contributed by atoms with E-state index in [9.17, 15) is 4.79 Å². The monoisotopic (exact) mass is 409 g/mol. The number of nitrogens with zero attached hydrogens (tertiary/aromatic N) is 1. The van der Waals surface area contributed by atoms with Gasteiger partial charge in [-0.1, -0.05) is 130 Å². The van der Waals surface area contributed by atoms with Crippen molar-refractivity contribution in [3.05, 3.63) is 0 Å². The zero-order valence-corrected chi connectivity index (χ0v) is 20.6. The highest BCUT2D eigenvalue weighted by atomic mass is 16.2. The topological polar surface area (TPSA) is 20.3 Å². The van der Waals surface area contributed by atoms with Gasteiger partial charge in [0.05, 0.1) is 0 Å². The third-order valence-corrected chi connectivity index (χ3v) is 6.12. The van der Waals surface area contributed by atoms with Gasteiger partial charge in [0.2, 0.25) is 5.91 Å². The van der Waals surface area contributed by atoms with Gasteiger partial charge in [0.25, 0.3) is 0 Å². The molecule has 0 aliphatic rings. The van der Waals surface area contributed by atoms with Crippen molar-refractivity contribution in [2.75, 3.05) is 13.1 Å². The second-order valence-electron chi connectivity index (χ2n) is 9.14. The maximum Gasteiger partial charge on any atom is 0.222 e. The highest BCUT2D eigenvalue weighted by Crippen LogP contribution is 2.13. The fourth-order valence-corrected chi connectivity index (χ4v) is 4.17. The molecule has 0 rings (SSSR count). The standard InChI is InChI=1S/C27H55NO/c1-4-7-9-11-13-15-17-19-21-23-26-28(25-6-3)27(29)24-22-20-18-16-14-12-10-8-5-2/h4-26H2,1-3H3. The van der Waals surface area contributed by atoms with Gasteiger partial charge in [-0.25, -0.2) is 0 Å². The van der Waals surface area contributed by atoms with E-state index in [4.69, 9.17) is 0 Å². The van der Waals surface area contributed by atoms with E-state index in [1.165, 1.54) is 116 Å². The van der Waals surface area contributed by atoms with Crippen LogP contribution in [-0.2, 0) is 4.79 Å². The minimum atomic E-state index is 0.408. The molecule has 0 unspecified atom stereocenters. The SMILES string of the molecule is CCCCCCCCCCCCN(CCC)C(=O)CCCCCCCCCCC. The number of carbonyl (C=O) groups excluding carboxylic acids is 1. The second kappa shape index (κ2) is 23.7. The van der Waals surface area contributed by atoms with E-state index in [1.54, 1.807) is 0 Å². The first-order valence-electron chi connectivity index (χ1n) is 13.5. The molecule has 0 aromatic rings. The summed E-state index contributed by atoms with van der Waals surface area (Å²) >= 11 is 0. The molecule has 0 heterocycles. The van der Waals surface area contributed by atoms with Crippen molar-refractivity contribution in [3.63, 3.8) is 0 Å². The summed E-state index contributed by atoms with van der Waals surface area (Å²) in [7, 11) is 0. The van der Waals surface area contributed by atoms with Crippen LogP contribution in [0.2, 0.25) is 0 Å². The van der Waals surface area contributed by atoms with Crippen molar-refractivity contribution in [3.8, 4) is 0 Å². The molecule has 0 aliphatic heterocycles. The largest absolute Gasteiger partial charge is 0.343 e. The molecule has 0 aromatic carbocycles. The number of carbonyl (C=O) groups is 1. The molecule has 0 aromatic heterocycles. The number of amides is 1. The summed E-state index contributed by atoms with van der Waals surface area (Å²) in [6.07, 6.45) is 27.4. The fourth-order valence-electron chi connectivity index (χ4n) is 4.17. The lowest BCUT2D eigenvalue weighted by Crippen LogP contribution is -2.32. The van der Waals surface area contributed by atoms with Crippen molar-refractivity contribution in [2.45, 2.75) is 156 Å². The summed E-state index contributed by atoms with van der Waals surface area (Å²) < 4.78 is 0. The smallest absolute Gasteiger partial charge is 0.222 e. The van der Waals surface area contributed by atoms with Gasteiger partial charge in [-0.3, -0.25) is 4.79 Å². The van der Waals surface area contributed by atoms with Gasteiger partial charge in [0, 0.05) is 19.5 Å². The Hall–Kier alpha value is -0.530. The molecule has 0 aliphatic carbocycles. The van der Waals surface area contributed by atoms with Gasteiger partial charge in [-0.2, -0.15) is 0 Å². The lowest BCUT2D eigenvalue weighted by molar-refractivity contribution is -0.131. The number of hydrogen-bond donors (Lipinski definition) is 0.